The van der Waals surface area contributed by atoms with Crippen LogP contribution in [-0.2, 0) is 14.3 Å². The Labute approximate surface area is 187 Å². The van der Waals surface area contributed by atoms with Crippen LogP contribution in [0.4, 0.5) is 5.69 Å². The van der Waals surface area contributed by atoms with Crippen LogP contribution in [0.25, 0.3) is 6.08 Å². The van der Waals surface area contributed by atoms with Crippen molar-refractivity contribution in [1.82, 2.24) is 0 Å². The largest absolute Gasteiger partial charge is 0.425 e. The molecule has 0 saturated carbocycles. The quantitative estimate of drug-likeness (QED) is 0.355. The Balaban J connectivity index is 1.90. The third kappa shape index (κ3) is 5.42. The summed E-state index contributed by atoms with van der Waals surface area (Å²) >= 11 is 1.38. The summed E-state index contributed by atoms with van der Waals surface area (Å²) in [7, 11) is 1.44. The lowest BCUT2D eigenvalue weighted by Gasteiger charge is -2.18. The second kappa shape index (κ2) is 10.4. The summed E-state index contributed by atoms with van der Waals surface area (Å²) in [5.74, 6) is -0.0763. The van der Waals surface area contributed by atoms with Gasteiger partial charge in [0.1, 0.15) is 12.4 Å². The predicted octanol–water partition coefficient (Wildman–Crippen LogP) is 4.74. The molecule has 0 radical (unpaired) electrons. The number of amides is 1. The molecule has 0 N–H and O–H groups in total. The van der Waals surface area contributed by atoms with Gasteiger partial charge in [0.2, 0.25) is 0 Å². The second-order valence-corrected chi connectivity index (χ2v) is 8.14. The standard InChI is InChI=1S/C24H26N2O4S/c1-5-12-25-24-26(19-9-7-6-8-16(19)2)23(28)21(31-24)14-18-10-11-20(17(3)13-18)30-22(27)15-29-4/h6-11,13-14H,5,12,15H2,1-4H3/b21-14-,25-24?. The highest BCUT2D eigenvalue weighted by atomic mass is 32.2. The van der Waals surface area contributed by atoms with E-state index in [-0.39, 0.29) is 12.5 Å². The summed E-state index contributed by atoms with van der Waals surface area (Å²) in [6.45, 7) is 6.45. The lowest BCUT2D eigenvalue weighted by atomic mass is 10.1. The van der Waals surface area contributed by atoms with Crippen molar-refractivity contribution >= 4 is 40.6 Å². The molecule has 0 atom stereocenters. The first-order valence-corrected chi connectivity index (χ1v) is 10.9. The van der Waals surface area contributed by atoms with E-state index >= 15 is 0 Å². The molecule has 0 bridgehead atoms. The van der Waals surface area contributed by atoms with Crippen molar-refractivity contribution in [2.24, 2.45) is 4.99 Å². The minimum absolute atomic E-state index is 0.0950. The summed E-state index contributed by atoms with van der Waals surface area (Å²) in [5, 5.41) is 0.689. The highest BCUT2D eigenvalue weighted by Crippen LogP contribution is 2.37. The van der Waals surface area contributed by atoms with Gasteiger partial charge in [-0.2, -0.15) is 0 Å². The van der Waals surface area contributed by atoms with Crippen LogP contribution in [0.3, 0.4) is 0 Å². The zero-order valence-electron chi connectivity index (χ0n) is 18.2. The van der Waals surface area contributed by atoms with Crippen molar-refractivity contribution in [2.75, 3.05) is 25.2 Å². The number of aryl methyl sites for hydroxylation is 2. The number of para-hydroxylation sites is 1. The van der Waals surface area contributed by atoms with Crippen molar-refractivity contribution in [3.63, 3.8) is 0 Å². The molecule has 2 aromatic rings. The topological polar surface area (TPSA) is 68.2 Å². The van der Waals surface area contributed by atoms with Crippen molar-refractivity contribution in [3.8, 4) is 5.75 Å². The van der Waals surface area contributed by atoms with E-state index in [1.54, 1.807) is 11.0 Å². The fourth-order valence-corrected chi connectivity index (χ4v) is 4.11. The number of amidine groups is 1. The third-order valence-corrected chi connectivity index (χ3v) is 5.62. The molecule has 1 fully saturated rings. The van der Waals surface area contributed by atoms with Gasteiger partial charge in [-0.1, -0.05) is 31.2 Å². The van der Waals surface area contributed by atoms with Gasteiger partial charge < -0.3 is 9.47 Å². The van der Waals surface area contributed by atoms with Crippen LogP contribution >= 0.6 is 11.8 Å². The first kappa shape index (κ1) is 22.8. The van der Waals surface area contributed by atoms with Gasteiger partial charge in [0, 0.05) is 13.7 Å². The molecule has 31 heavy (non-hydrogen) atoms. The molecule has 162 valence electrons. The van der Waals surface area contributed by atoms with Gasteiger partial charge >= 0.3 is 5.97 Å². The van der Waals surface area contributed by atoms with Gasteiger partial charge in [0.05, 0.1) is 10.6 Å². The monoisotopic (exact) mass is 438 g/mol. The number of ether oxygens (including phenoxy) is 2. The van der Waals surface area contributed by atoms with Crippen molar-refractivity contribution < 1.29 is 19.1 Å². The van der Waals surface area contributed by atoms with E-state index < -0.39 is 5.97 Å². The molecule has 2 aromatic carbocycles. The zero-order chi connectivity index (χ0) is 22.4. The molecule has 1 heterocycles. The van der Waals surface area contributed by atoms with Crippen molar-refractivity contribution in [3.05, 3.63) is 64.1 Å². The molecule has 7 heteroatoms. The van der Waals surface area contributed by atoms with Gasteiger partial charge in [-0.25, -0.2) is 4.79 Å². The Kier molecular flexibility index (Phi) is 7.65. The molecule has 1 aliphatic rings. The summed E-state index contributed by atoms with van der Waals surface area (Å²) < 4.78 is 10.1. The Bertz CT molecular complexity index is 1050. The number of carbonyl (C=O) groups excluding carboxylic acids is 2. The fraction of sp³-hybridized carbons (Fsp3) is 0.292. The number of aliphatic imine (C=N–C) groups is 1. The number of rotatable bonds is 7. The smallest absolute Gasteiger partial charge is 0.337 e. The molecule has 0 aliphatic carbocycles. The van der Waals surface area contributed by atoms with Gasteiger partial charge in [-0.3, -0.25) is 14.7 Å². The number of thioether (sulfide) groups is 1. The summed E-state index contributed by atoms with van der Waals surface area (Å²) in [6.07, 6.45) is 2.75. The highest BCUT2D eigenvalue weighted by Gasteiger charge is 2.35. The number of methoxy groups -OCH3 is 1. The van der Waals surface area contributed by atoms with E-state index in [9.17, 15) is 9.59 Å². The number of anilines is 1. The average Bonchev–Trinajstić information content (AvgIpc) is 3.04. The fourth-order valence-electron chi connectivity index (χ4n) is 3.11. The molecule has 0 aromatic heterocycles. The third-order valence-electron chi connectivity index (χ3n) is 4.62. The summed E-state index contributed by atoms with van der Waals surface area (Å²) in [4.78, 5) is 31.9. The minimum atomic E-state index is -0.455. The summed E-state index contributed by atoms with van der Waals surface area (Å²) in [6, 6.07) is 13.2. The van der Waals surface area contributed by atoms with Crippen LogP contribution in [0.1, 0.15) is 30.0 Å². The SMILES string of the molecule is CCCN=C1S/C(=C\c2ccc(OC(=O)COC)c(C)c2)C(=O)N1c1ccccc1C. The summed E-state index contributed by atoms with van der Waals surface area (Å²) in [5.41, 5.74) is 3.50. The predicted molar refractivity (Wildman–Crippen MR) is 126 cm³/mol. The zero-order valence-corrected chi connectivity index (χ0v) is 19.0. The van der Waals surface area contributed by atoms with Gasteiger partial charge in [-0.15, -0.1) is 0 Å². The molecule has 3 rings (SSSR count). The van der Waals surface area contributed by atoms with E-state index in [0.29, 0.717) is 22.4 Å². The number of esters is 1. The minimum Gasteiger partial charge on any atom is -0.425 e. The van der Waals surface area contributed by atoms with Crippen LogP contribution < -0.4 is 9.64 Å². The van der Waals surface area contributed by atoms with Crippen molar-refractivity contribution in [1.29, 1.82) is 0 Å². The van der Waals surface area contributed by atoms with Crippen LogP contribution in [0.2, 0.25) is 0 Å². The highest BCUT2D eigenvalue weighted by molar-refractivity contribution is 8.19. The normalized spacial score (nSPS) is 16.4. The molecule has 0 unspecified atom stereocenters. The van der Waals surface area contributed by atoms with Crippen LogP contribution in [0.5, 0.6) is 5.75 Å². The first-order chi connectivity index (χ1) is 14.9. The average molecular weight is 439 g/mol. The molecular weight excluding hydrogens is 412 g/mol. The molecule has 1 aliphatic heterocycles. The molecule has 0 spiro atoms. The maximum Gasteiger partial charge on any atom is 0.337 e. The number of benzene rings is 2. The second-order valence-electron chi connectivity index (χ2n) is 7.13. The van der Waals surface area contributed by atoms with E-state index in [2.05, 4.69) is 11.9 Å². The van der Waals surface area contributed by atoms with Crippen LogP contribution in [-0.4, -0.2) is 37.3 Å². The van der Waals surface area contributed by atoms with E-state index in [1.807, 2.05) is 56.3 Å². The lowest BCUT2D eigenvalue weighted by molar-refractivity contribution is -0.138. The van der Waals surface area contributed by atoms with E-state index in [4.69, 9.17) is 9.47 Å². The molecule has 6 nitrogen and oxygen atoms in total. The molecule has 1 amide bonds. The maximum atomic E-state index is 13.3. The van der Waals surface area contributed by atoms with Gasteiger partial charge in [-0.05, 0) is 73.0 Å². The number of hydrogen-bond donors (Lipinski definition) is 0. The maximum absolute atomic E-state index is 13.3. The van der Waals surface area contributed by atoms with Crippen LogP contribution in [0.15, 0.2) is 52.4 Å². The first-order valence-electron chi connectivity index (χ1n) is 10.1. The van der Waals surface area contributed by atoms with Gasteiger partial charge in [0.25, 0.3) is 5.91 Å². The Morgan fingerprint density at radius 2 is 1.94 bits per heavy atom. The Hall–Kier alpha value is -2.90. The lowest BCUT2D eigenvalue weighted by Crippen LogP contribution is -2.29. The molecular formula is C24H26N2O4S. The van der Waals surface area contributed by atoms with Crippen molar-refractivity contribution in [2.45, 2.75) is 27.2 Å². The van der Waals surface area contributed by atoms with E-state index in [0.717, 1.165) is 28.8 Å². The Morgan fingerprint density at radius 1 is 1.16 bits per heavy atom. The number of hydrogen-bond acceptors (Lipinski definition) is 6. The Morgan fingerprint density at radius 3 is 2.61 bits per heavy atom. The number of carbonyl (C=O) groups is 2. The number of nitrogens with zero attached hydrogens (tertiary/aromatic N) is 2. The van der Waals surface area contributed by atoms with Crippen LogP contribution in [0, 0.1) is 13.8 Å². The molecule has 1 saturated heterocycles. The van der Waals surface area contributed by atoms with Gasteiger partial charge in [0.15, 0.2) is 5.17 Å². The van der Waals surface area contributed by atoms with E-state index in [1.165, 1.54) is 18.9 Å².